The standard InChI is InChI=1S/C21H23N7O3/c1-10-9-31-21(30)28(10)14-4-12-5-16(25-26-19(12)15(22)6-14)24-20(29)18-11(2)17(18)13-7-23-27(3)8-13/h4-8,10-11,17-18H,9,22H2,1-3H3,(H,24,25,29)/t10-,11-,17+,18-/m0/s1. The van der Waals surface area contributed by atoms with Gasteiger partial charge < -0.3 is 15.8 Å². The van der Waals surface area contributed by atoms with Gasteiger partial charge in [0.25, 0.3) is 0 Å². The second-order valence-corrected chi connectivity index (χ2v) is 8.35. The molecule has 0 spiro atoms. The molecule has 0 unspecified atom stereocenters. The molecule has 31 heavy (non-hydrogen) atoms. The van der Waals surface area contributed by atoms with Gasteiger partial charge in [0.1, 0.15) is 12.1 Å². The highest BCUT2D eigenvalue weighted by Gasteiger charge is 2.53. The molecule has 2 amide bonds. The molecule has 2 fully saturated rings. The Labute approximate surface area is 178 Å². The number of nitrogens with two attached hydrogens (primary N) is 1. The lowest BCUT2D eigenvalue weighted by Crippen LogP contribution is -2.30. The SMILES string of the molecule is C[C@@H]1[C@H](C(=O)Nc2cc3cc(N4C(=O)OC[C@@H]4C)cc(N)c3nn2)[C@H]1c1cnn(C)c1. The number of cyclic esters (lactones) is 1. The zero-order valence-corrected chi connectivity index (χ0v) is 17.4. The lowest BCUT2D eigenvalue weighted by atomic mass is 10.1. The topological polar surface area (TPSA) is 128 Å². The molecule has 5 rings (SSSR count). The number of hydrogen-bond donors (Lipinski definition) is 2. The Hall–Kier alpha value is -3.69. The van der Waals surface area contributed by atoms with Crippen LogP contribution in [0.15, 0.2) is 30.6 Å². The van der Waals surface area contributed by atoms with Crippen LogP contribution in [0.1, 0.15) is 25.3 Å². The molecule has 10 heteroatoms. The molecule has 4 atom stereocenters. The minimum atomic E-state index is -0.411. The zero-order valence-electron chi connectivity index (χ0n) is 17.4. The van der Waals surface area contributed by atoms with Crippen LogP contribution in [0.25, 0.3) is 10.9 Å². The smallest absolute Gasteiger partial charge is 0.414 e. The number of carbonyl (C=O) groups is 2. The van der Waals surface area contributed by atoms with Crippen molar-refractivity contribution in [2.75, 3.05) is 22.6 Å². The van der Waals surface area contributed by atoms with Gasteiger partial charge in [-0.2, -0.15) is 5.10 Å². The summed E-state index contributed by atoms with van der Waals surface area (Å²) < 4.78 is 6.85. The highest BCUT2D eigenvalue weighted by Crippen LogP contribution is 2.54. The van der Waals surface area contributed by atoms with Crippen molar-refractivity contribution >= 4 is 40.1 Å². The third kappa shape index (κ3) is 3.24. The number of anilines is 3. The van der Waals surface area contributed by atoms with E-state index < -0.39 is 6.09 Å². The monoisotopic (exact) mass is 421 g/mol. The van der Waals surface area contributed by atoms with Crippen molar-refractivity contribution in [3.63, 3.8) is 0 Å². The van der Waals surface area contributed by atoms with Gasteiger partial charge in [0.15, 0.2) is 5.82 Å². The van der Waals surface area contributed by atoms with Gasteiger partial charge in [-0.1, -0.05) is 6.92 Å². The van der Waals surface area contributed by atoms with Crippen molar-refractivity contribution < 1.29 is 14.3 Å². The molecule has 3 aromatic rings. The Morgan fingerprint density at radius 1 is 1.26 bits per heavy atom. The lowest BCUT2D eigenvalue weighted by Gasteiger charge is -2.19. The maximum absolute atomic E-state index is 12.8. The molecular weight excluding hydrogens is 398 g/mol. The summed E-state index contributed by atoms with van der Waals surface area (Å²) in [6.45, 7) is 4.28. The molecule has 1 saturated carbocycles. The average molecular weight is 421 g/mol. The largest absolute Gasteiger partial charge is 0.447 e. The summed E-state index contributed by atoms with van der Waals surface area (Å²) in [6, 6.07) is 5.11. The number of hydrogen-bond acceptors (Lipinski definition) is 7. The summed E-state index contributed by atoms with van der Waals surface area (Å²) in [5, 5.41) is 16.1. The van der Waals surface area contributed by atoms with Gasteiger partial charge in [0.2, 0.25) is 5.91 Å². The molecule has 1 aliphatic heterocycles. The van der Waals surface area contributed by atoms with E-state index in [1.54, 1.807) is 34.0 Å². The summed E-state index contributed by atoms with van der Waals surface area (Å²) >= 11 is 0. The maximum Gasteiger partial charge on any atom is 0.414 e. The molecule has 1 aromatic carbocycles. The first-order chi connectivity index (χ1) is 14.8. The number of nitrogens with one attached hydrogen (secondary N) is 1. The second-order valence-electron chi connectivity index (χ2n) is 8.35. The van der Waals surface area contributed by atoms with Crippen LogP contribution < -0.4 is 16.0 Å². The predicted octanol–water partition coefficient (Wildman–Crippen LogP) is 2.28. The molecule has 0 bridgehead atoms. The van der Waals surface area contributed by atoms with Gasteiger partial charge in [0.05, 0.1) is 23.6 Å². The van der Waals surface area contributed by atoms with Crippen LogP contribution in [0.4, 0.5) is 22.0 Å². The number of ether oxygens (including phenoxy) is 1. The van der Waals surface area contributed by atoms with Crippen LogP contribution in [0.5, 0.6) is 0 Å². The zero-order chi connectivity index (χ0) is 21.9. The van der Waals surface area contributed by atoms with Gasteiger partial charge in [-0.3, -0.25) is 14.4 Å². The summed E-state index contributed by atoms with van der Waals surface area (Å²) in [5.74, 6) is 0.471. The van der Waals surface area contributed by atoms with Crippen LogP contribution in [0.3, 0.4) is 0 Å². The van der Waals surface area contributed by atoms with E-state index in [0.29, 0.717) is 34.7 Å². The number of nitrogen functional groups attached to an aromatic ring is 1. The highest BCUT2D eigenvalue weighted by molar-refractivity contribution is 6.00. The Morgan fingerprint density at radius 3 is 2.74 bits per heavy atom. The first-order valence-electron chi connectivity index (χ1n) is 10.2. The van der Waals surface area contributed by atoms with Crippen LogP contribution in [-0.4, -0.2) is 44.6 Å². The Morgan fingerprint density at radius 2 is 2.06 bits per heavy atom. The molecule has 2 aliphatic rings. The molecule has 1 aliphatic carbocycles. The quantitative estimate of drug-likeness (QED) is 0.618. The summed E-state index contributed by atoms with van der Waals surface area (Å²) in [7, 11) is 1.86. The van der Waals surface area contributed by atoms with E-state index in [-0.39, 0.29) is 29.7 Å². The normalized spacial score (nSPS) is 25.0. The summed E-state index contributed by atoms with van der Waals surface area (Å²) in [6.07, 6.45) is 3.34. The van der Waals surface area contributed by atoms with Crippen LogP contribution in [-0.2, 0) is 16.6 Å². The summed E-state index contributed by atoms with van der Waals surface area (Å²) in [5.41, 5.74) is 8.74. The van der Waals surface area contributed by atoms with Gasteiger partial charge in [-0.25, -0.2) is 4.79 Å². The van der Waals surface area contributed by atoms with Gasteiger partial charge in [0, 0.05) is 30.5 Å². The van der Waals surface area contributed by atoms with Gasteiger partial charge >= 0.3 is 6.09 Å². The third-order valence-corrected chi connectivity index (χ3v) is 6.11. The van der Waals surface area contributed by atoms with Crippen molar-refractivity contribution in [3.05, 3.63) is 36.2 Å². The van der Waals surface area contributed by atoms with E-state index >= 15 is 0 Å². The second kappa shape index (κ2) is 6.93. The first-order valence-corrected chi connectivity index (χ1v) is 10.2. The molecular formula is C21H23N7O3. The number of aromatic nitrogens is 4. The van der Waals surface area contributed by atoms with E-state index in [1.165, 1.54) is 0 Å². The van der Waals surface area contributed by atoms with Crippen molar-refractivity contribution in [2.45, 2.75) is 25.8 Å². The van der Waals surface area contributed by atoms with Crippen molar-refractivity contribution in [3.8, 4) is 0 Å². The van der Waals surface area contributed by atoms with Crippen molar-refractivity contribution in [1.29, 1.82) is 0 Å². The Bertz CT molecular complexity index is 1210. The van der Waals surface area contributed by atoms with Crippen LogP contribution in [0, 0.1) is 11.8 Å². The predicted molar refractivity (Wildman–Crippen MR) is 114 cm³/mol. The third-order valence-electron chi connectivity index (χ3n) is 6.11. The van der Waals surface area contributed by atoms with Crippen LogP contribution in [0.2, 0.25) is 0 Å². The van der Waals surface area contributed by atoms with E-state index in [4.69, 9.17) is 10.5 Å². The minimum absolute atomic E-state index is 0.0981. The maximum atomic E-state index is 12.8. The molecule has 0 radical (unpaired) electrons. The average Bonchev–Trinajstić information content (AvgIpc) is 3.00. The van der Waals surface area contributed by atoms with E-state index in [2.05, 4.69) is 27.5 Å². The van der Waals surface area contributed by atoms with Gasteiger partial charge in [-0.15, -0.1) is 10.2 Å². The number of nitrogens with zero attached hydrogens (tertiary/aromatic N) is 5. The van der Waals surface area contributed by atoms with E-state index in [0.717, 1.165) is 5.56 Å². The summed E-state index contributed by atoms with van der Waals surface area (Å²) in [4.78, 5) is 26.5. The Balaban J connectivity index is 1.39. The molecule has 1 saturated heterocycles. The fourth-order valence-corrected chi connectivity index (χ4v) is 4.44. The number of carbonyl (C=O) groups excluding carboxylic acids is 2. The van der Waals surface area contributed by atoms with Gasteiger partial charge in [-0.05, 0) is 36.6 Å². The molecule has 160 valence electrons. The number of fused-ring (bicyclic) bond motifs is 1. The number of benzene rings is 1. The molecule has 3 heterocycles. The molecule has 3 N–H and O–H groups in total. The molecule has 10 nitrogen and oxygen atoms in total. The number of amides is 2. The van der Waals surface area contributed by atoms with E-state index in [1.807, 2.05) is 20.2 Å². The number of rotatable bonds is 4. The fraction of sp³-hybridized carbons (Fsp3) is 0.381. The first kappa shape index (κ1) is 19.3. The molecule has 2 aromatic heterocycles. The minimum Gasteiger partial charge on any atom is -0.447 e. The van der Waals surface area contributed by atoms with Crippen molar-refractivity contribution in [2.24, 2.45) is 18.9 Å². The fourth-order valence-electron chi connectivity index (χ4n) is 4.44. The highest BCUT2D eigenvalue weighted by atomic mass is 16.6. The number of aryl methyl sites for hydroxylation is 1. The lowest BCUT2D eigenvalue weighted by molar-refractivity contribution is -0.117. The van der Waals surface area contributed by atoms with Crippen LogP contribution >= 0.6 is 0 Å². The Kier molecular flexibility index (Phi) is 4.31. The van der Waals surface area contributed by atoms with E-state index in [9.17, 15) is 9.59 Å². The van der Waals surface area contributed by atoms with Crippen molar-refractivity contribution in [1.82, 2.24) is 20.0 Å².